The van der Waals surface area contributed by atoms with Crippen molar-refractivity contribution in [2.24, 2.45) is 0 Å². The summed E-state index contributed by atoms with van der Waals surface area (Å²) in [5, 5.41) is 24.7. The minimum atomic E-state index is -0.0262. The second kappa shape index (κ2) is 5.69. The molecule has 0 spiro atoms. The smallest absolute Gasteiger partial charge is 0.244 e. The van der Waals surface area contributed by atoms with Crippen LogP contribution in [0.2, 0.25) is 5.28 Å². The highest BCUT2D eigenvalue weighted by Crippen LogP contribution is 2.09. The van der Waals surface area contributed by atoms with Gasteiger partial charge in [0.15, 0.2) is 5.82 Å². The number of aliphatic hydroxyl groups is 2. The molecule has 1 rings (SSSR count). The molecule has 2 N–H and O–H groups in total. The molecule has 0 saturated heterocycles. The van der Waals surface area contributed by atoms with Crippen molar-refractivity contribution in [2.45, 2.75) is 0 Å². The van der Waals surface area contributed by atoms with Crippen LogP contribution in [0, 0.1) is 0 Å². The van der Waals surface area contributed by atoms with Gasteiger partial charge in [0.2, 0.25) is 5.28 Å². The van der Waals surface area contributed by atoms with Crippen LogP contribution in [0.5, 0.6) is 0 Å². The lowest BCUT2D eigenvalue weighted by atomic mass is 10.4. The summed E-state index contributed by atoms with van der Waals surface area (Å²) < 4.78 is 0. The van der Waals surface area contributed by atoms with Gasteiger partial charge in [-0.1, -0.05) is 0 Å². The van der Waals surface area contributed by atoms with E-state index in [0.29, 0.717) is 18.9 Å². The van der Waals surface area contributed by atoms with E-state index in [2.05, 4.69) is 15.2 Å². The first-order valence-electron chi connectivity index (χ1n) is 4.10. The summed E-state index contributed by atoms with van der Waals surface area (Å²) in [5.74, 6) is 0.494. The van der Waals surface area contributed by atoms with E-state index in [1.54, 1.807) is 4.90 Å². The molecule has 0 saturated carbocycles. The molecule has 0 fully saturated rings. The van der Waals surface area contributed by atoms with Gasteiger partial charge in [-0.25, -0.2) is 0 Å². The highest BCUT2D eigenvalue weighted by Gasteiger charge is 2.07. The van der Waals surface area contributed by atoms with Crippen LogP contribution < -0.4 is 4.90 Å². The molecule has 0 amide bonds. The SMILES string of the molecule is OCCN(CCO)c1cnnc(Cl)n1. The van der Waals surface area contributed by atoms with E-state index >= 15 is 0 Å². The summed E-state index contributed by atoms with van der Waals surface area (Å²) in [6.45, 7) is 0.689. The summed E-state index contributed by atoms with van der Waals surface area (Å²) in [4.78, 5) is 5.57. The highest BCUT2D eigenvalue weighted by molar-refractivity contribution is 6.28. The van der Waals surface area contributed by atoms with Gasteiger partial charge in [0.05, 0.1) is 19.4 Å². The minimum absolute atomic E-state index is 0.0262. The summed E-state index contributed by atoms with van der Waals surface area (Å²) in [7, 11) is 0. The van der Waals surface area contributed by atoms with Gasteiger partial charge in [0.1, 0.15) is 0 Å². The van der Waals surface area contributed by atoms with Crippen LogP contribution >= 0.6 is 11.6 Å². The predicted octanol–water partition coefficient (Wildman–Crippen LogP) is -0.684. The second-order valence-electron chi connectivity index (χ2n) is 2.52. The lowest BCUT2D eigenvalue weighted by molar-refractivity contribution is 0.280. The number of halogens is 1. The molecule has 6 nitrogen and oxygen atoms in total. The zero-order valence-corrected chi connectivity index (χ0v) is 8.22. The molecular weight excluding hydrogens is 208 g/mol. The van der Waals surface area contributed by atoms with Crippen LogP contribution in [0.3, 0.4) is 0 Å². The van der Waals surface area contributed by atoms with E-state index in [1.807, 2.05) is 0 Å². The van der Waals surface area contributed by atoms with Crippen LogP contribution in [0.15, 0.2) is 6.20 Å². The maximum Gasteiger partial charge on any atom is 0.244 e. The van der Waals surface area contributed by atoms with Crippen molar-refractivity contribution < 1.29 is 10.2 Å². The third kappa shape index (κ3) is 3.06. The van der Waals surface area contributed by atoms with Gasteiger partial charge in [-0.2, -0.15) is 10.1 Å². The first-order valence-corrected chi connectivity index (χ1v) is 4.47. The zero-order valence-electron chi connectivity index (χ0n) is 7.47. The lowest BCUT2D eigenvalue weighted by Gasteiger charge is -2.20. The fourth-order valence-electron chi connectivity index (χ4n) is 1.01. The second-order valence-corrected chi connectivity index (χ2v) is 2.86. The van der Waals surface area contributed by atoms with Gasteiger partial charge in [-0.05, 0) is 11.6 Å². The fraction of sp³-hybridized carbons (Fsp3) is 0.571. The molecule has 0 atom stereocenters. The standard InChI is InChI=1S/C7H11ClN4O2/c8-7-10-6(5-9-11-7)12(1-3-13)2-4-14/h5,13-14H,1-4H2. The molecule has 0 radical (unpaired) electrons. The van der Waals surface area contributed by atoms with Crippen molar-refractivity contribution in [1.82, 2.24) is 15.2 Å². The molecule has 1 aromatic heterocycles. The molecule has 0 aliphatic rings. The van der Waals surface area contributed by atoms with E-state index in [4.69, 9.17) is 21.8 Å². The molecule has 1 aromatic rings. The molecule has 7 heteroatoms. The van der Waals surface area contributed by atoms with Gasteiger partial charge < -0.3 is 15.1 Å². The van der Waals surface area contributed by atoms with Crippen molar-refractivity contribution in [3.05, 3.63) is 11.5 Å². The Balaban J connectivity index is 2.75. The maximum absolute atomic E-state index is 8.77. The Labute approximate surface area is 86.2 Å². The molecule has 0 aliphatic carbocycles. The number of rotatable bonds is 5. The molecule has 14 heavy (non-hydrogen) atoms. The van der Waals surface area contributed by atoms with E-state index in [0.717, 1.165) is 0 Å². The Morgan fingerprint density at radius 3 is 2.43 bits per heavy atom. The Hall–Kier alpha value is -0.980. The Kier molecular flexibility index (Phi) is 4.51. The number of hydrogen-bond acceptors (Lipinski definition) is 6. The summed E-state index contributed by atoms with van der Waals surface area (Å²) >= 11 is 5.55. The molecule has 0 aromatic carbocycles. The quantitative estimate of drug-likeness (QED) is 0.681. The van der Waals surface area contributed by atoms with Crippen LogP contribution in [-0.4, -0.2) is 51.7 Å². The third-order valence-corrected chi connectivity index (χ3v) is 1.74. The van der Waals surface area contributed by atoms with Gasteiger partial charge in [0.25, 0.3) is 0 Å². The zero-order chi connectivity index (χ0) is 10.4. The van der Waals surface area contributed by atoms with Crippen LogP contribution in [-0.2, 0) is 0 Å². The summed E-state index contributed by atoms with van der Waals surface area (Å²) in [5.41, 5.74) is 0. The Bertz CT molecular complexity index is 280. The van der Waals surface area contributed by atoms with E-state index < -0.39 is 0 Å². The minimum Gasteiger partial charge on any atom is -0.395 e. The van der Waals surface area contributed by atoms with Crippen molar-refractivity contribution in [3.8, 4) is 0 Å². The molecule has 0 bridgehead atoms. The number of hydrogen-bond donors (Lipinski definition) is 2. The number of aromatic nitrogens is 3. The number of anilines is 1. The van der Waals surface area contributed by atoms with Gasteiger partial charge in [0, 0.05) is 13.1 Å². The largest absolute Gasteiger partial charge is 0.395 e. The maximum atomic E-state index is 8.77. The molecule has 78 valence electrons. The first-order chi connectivity index (χ1) is 6.77. The van der Waals surface area contributed by atoms with Gasteiger partial charge in [-0.3, -0.25) is 0 Å². The lowest BCUT2D eigenvalue weighted by Crippen LogP contribution is -2.30. The van der Waals surface area contributed by atoms with E-state index in [1.165, 1.54) is 6.20 Å². The Morgan fingerprint density at radius 2 is 1.93 bits per heavy atom. The van der Waals surface area contributed by atoms with Gasteiger partial charge >= 0.3 is 0 Å². The fourth-order valence-corrected chi connectivity index (χ4v) is 1.14. The number of aliphatic hydroxyl groups excluding tert-OH is 2. The van der Waals surface area contributed by atoms with Crippen LogP contribution in [0.25, 0.3) is 0 Å². The molecule has 0 unspecified atom stereocenters. The predicted molar refractivity (Wildman–Crippen MR) is 51.2 cm³/mol. The third-order valence-electron chi connectivity index (χ3n) is 1.58. The summed E-state index contributed by atoms with van der Waals surface area (Å²) in [6.07, 6.45) is 1.43. The van der Waals surface area contributed by atoms with Crippen molar-refractivity contribution in [1.29, 1.82) is 0 Å². The van der Waals surface area contributed by atoms with Crippen LogP contribution in [0.1, 0.15) is 0 Å². The van der Waals surface area contributed by atoms with Crippen LogP contribution in [0.4, 0.5) is 5.82 Å². The first kappa shape index (κ1) is 11.1. The molecular formula is C7H11ClN4O2. The average molecular weight is 219 g/mol. The number of nitrogens with zero attached hydrogens (tertiary/aromatic N) is 4. The average Bonchev–Trinajstić information content (AvgIpc) is 2.17. The van der Waals surface area contributed by atoms with E-state index in [-0.39, 0.29) is 18.5 Å². The van der Waals surface area contributed by atoms with Crippen molar-refractivity contribution >= 4 is 17.4 Å². The van der Waals surface area contributed by atoms with Crippen molar-refractivity contribution in [2.75, 3.05) is 31.2 Å². The van der Waals surface area contributed by atoms with Gasteiger partial charge in [-0.15, -0.1) is 5.10 Å². The molecule has 0 aliphatic heterocycles. The Morgan fingerprint density at radius 1 is 1.29 bits per heavy atom. The van der Waals surface area contributed by atoms with E-state index in [9.17, 15) is 0 Å². The highest BCUT2D eigenvalue weighted by atomic mass is 35.5. The topological polar surface area (TPSA) is 82.4 Å². The normalized spacial score (nSPS) is 10.2. The molecule has 1 heterocycles. The van der Waals surface area contributed by atoms with Crippen molar-refractivity contribution in [3.63, 3.8) is 0 Å². The monoisotopic (exact) mass is 218 g/mol. The summed E-state index contributed by atoms with van der Waals surface area (Å²) in [6, 6.07) is 0.